The minimum Gasteiger partial charge on any atom is -0.478 e. The number of carboxylic acid groups (broad SMARTS) is 1. The van der Waals surface area contributed by atoms with Crippen LogP contribution in [0.2, 0.25) is 0 Å². The van der Waals surface area contributed by atoms with E-state index >= 15 is 0 Å². The first kappa shape index (κ1) is 11.9. The smallest absolute Gasteiger partial charge is 0.339 e. The zero-order valence-electron chi connectivity index (χ0n) is 9.71. The first-order valence-electron chi connectivity index (χ1n) is 5.67. The molecule has 1 aliphatic rings. The molecule has 1 aliphatic heterocycles. The van der Waals surface area contributed by atoms with E-state index in [2.05, 4.69) is 11.9 Å². The Morgan fingerprint density at radius 1 is 1.59 bits per heavy atom. The van der Waals surface area contributed by atoms with Crippen LogP contribution in [0.15, 0.2) is 18.3 Å². The van der Waals surface area contributed by atoms with Gasteiger partial charge in [-0.2, -0.15) is 0 Å². The van der Waals surface area contributed by atoms with E-state index in [-0.39, 0.29) is 18.1 Å². The zero-order chi connectivity index (χ0) is 12.4. The van der Waals surface area contributed by atoms with Crippen LogP contribution in [0.3, 0.4) is 0 Å². The lowest BCUT2D eigenvalue weighted by atomic mass is 10.00. The standard InChI is InChI=1S/C12H16N2O3/c1-8-5-14(6-9(8)7-15)11-10(12(16)17)3-2-4-13-11/h2-4,8-9,15H,5-7H2,1H3,(H,16,17)/t8-,9+/m0/s1. The van der Waals surface area contributed by atoms with Crippen molar-refractivity contribution in [1.82, 2.24) is 4.98 Å². The summed E-state index contributed by atoms with van der Waals surface area (Å²) in [6, 6.07) is 3.18. The molecule has 1 aromatic heterocycles. The fraction of sp³-hybridized carbons (Fsp3) is 0.500. The Kier molecular flexibility index (Phi) is 3.28. The average Bonchev–Trinajstić information content (AvgIpc) is 2.70. The topological polar surface area (TPSA) is 73.7 Å². The molecule has 2 heterocycles. The van der Waals surface area contributed by atoms with Crippen molar-refractivity contribution in [2.24, 2.45) is 11.8 Å². The quantitative estimate of drug-likeness (QED) is 0.813. The lowest BCUT2D eigenvalue weighted by Crippen LogP contribution is -2.24. The average molecular weight is 236 g/mol. The number of carboxylic acids is 1. The number of hydrogen-bond donors (Lipinski definition) is 2. The summed E-state index contributed by atoms with van der Waals surface area (Å²) in [5.74, 6) is 0.0818. The number of aliphatic hydroxyl groups is 1. The molecule has 0 aliphatic carbocycles. The SMILES string of the molecule is C[C@H]1CN(c2ncccc2C(=O)O)C[C@@H]1CO. The summed E-state index contributed by atoms with van der Waals surface area (Å²) in [6.07, 6.45) is 1.60. The van der Waals surface area contributed by atoms with E-state index in [1.165, 1.54) is 0 Å². The maximum absolute atomic E-state index is 11.1. The number of aromatic nitrogens is 1. The van der Waals surface area contributed by atoms with Gasteiger partial charge in [-0.25, -0.2) is 9.78 Å². The van der Waals surface area contributed by atoms with Gasteiger partial charge < -0.3 is 15.1 Å². The normalized spacial score (nSPS) is 24.0. The summed E-state index contributed by atoms with van der Waals surface area (Å²) in [5, 5.41) is 18.3. The number of carbonyl (C=O) groups is 1. The molecule has 5 nitrogen and oxygen atoms in total. The third kappa shape index (κ3) is 2.24. The number of rotatable bonds is 3. The summed E-state index contributed by atoms with van der Waals surface area (Å²) in [5.41, 5.74) is 0.221. The molecule has 0 saturated carbocycles. The molecule has 5 heteroatoms. The van der Waals surface area contributed by atoms with Crippen LogP contribution >= 0.6 is 0 Å². The van der Waals surface area contributed by atoms with Gasteiger partial charge in [-0.1, -0.05) is 6.92 Å². The van der Waals surface area contributed by atoms with E-state index in [4.69, 9.17) is 5.11 Å². The second-order valence-electron chi connectivity index (χ2n) is 4.50. The number of hydrogen-bond acceptors (Lipinski definition) is 4. The second kappa shape index (κ2) is 4.71. The van der Waals surface area contributed by atoms with Gasteiger partial charge in [0.05, 0.1) is 0 Å². The Hall–Kier alpha value is -1.62. The molecule has 0 amide bonds. The van der Waals surface area contributed by atoms with E-state index in [0.717, 1.165) is 6.54 Å². The summed E-state index contributed by atoms with van der Waals surface area (Å²) in [4.78, 5) is 17.2. The van der Waals surface area contributed by atoms with Crippen LogP contribution < -0.4 is 4.90 Å². The van der Waals surface area contributed by atoms with Crippen LogP contribution in [0.1, 0.15) is 17.3 Å². The lowest BCUT2D eigenvalue weighted by Gasteiger charge is -2.18. The first-order valence-corrected chi connectivity index (χ1v) is 5.67. The molecule has 0 spiro atoms. The molecular weight excluding hydrogens is 220 g/mol. The van der Waals surface area contributed by atoms with Crippen molar-refractivity contribution in [3.05, 3.63) is 23.9 Å². The molecule has 1 fully saturated rings. The molecule has 0 aromatic carbocycles. The maximum Gasteiger partial charge on any atom is 0.339 e. The van der Waals surface area contributed by atoms with Crippen molar-refractivity contribution in [2.75, 3.05) is 24.6 Å². The molecule has 0 unspecified atom stereocenters. The van der Waals surface area contributed by atoms with Gasteiger partial charge in [-0.15, -0.1) is 0 Å². The molecule has 2 N–H and O–H groups in total. The molecular formula is C12H16N2O3. The van der Waals surface area contributed by atoms with Gasteiger partial charge in [0.15, 0.2) is 0 Å². The van der Waals surface area contributed by atoms with E-state index in [1.54, 1.807) is 18.3 Å². The van der Waals surface area contributed by atoms with Gasteiger partial charge in [0, 0.05) is 31.8 Å². The zero-order valence-corrected chi connectivity index (χ0v) is 9.71. The highest BCUT2D eigenvalue weighted by molar-refractivity contribution is 5.93. The van der Waals surface area contributed by atoms with E-state index < -0.39 is 5.97 Å². The minimum atomic E-state index is -0.965. The molecule has 2 rings (SSSR count). The Morgan fingerprint density at radius 2 is 2.35 bits per heavy atom. The molecule has 1 aromatic rings. The van der Waals surface area contributed by atoms with Gasteiger partial charge >= 0.3 is 5.97 Å². The molecule has 17 heavy (non-hydrogen) atoms. The highest BCUT2D eigenvalue weighted by Gasteiger charge is 2.31. The summed E-state index contributed by atoms with van der Waals surface area (Å²) in [6.45, 7) is 3.59. The fourth-order valence-corrected chi connectivity index (χ4v) is 2.26. The molecule has 1 saturated heterocycles. The van der Waals surface area contributed by atoms with Gasteiger partial charge in [0.1, 0.15) is 11.4 Å². The Labute approximate surface area is 99.7 Å². The monoisotopic (exact) mass is 236 g/mol. The summed E-state index contributed by atoms with van der Waals surface area (Å²) >= 11 is 0. The fourth-order valence-electron chi connectivity index (χ4n) is 2.26. The Balaban J connectivity index is 2.27. The van der Waals surface area contributed by atoms with Crippen LogP contribution in [0, 0.1) is 11.8 Å². The van der Waals surface area contributed by atoms with Crippen molar-refractivity contribution in [2.45, 2.75) is 6.92 Å². The van der Waals surface area contributed by atoms with Gasteiger partial charge in [0.25, 0.3) is 0 Å². The lowest BCUT2D eigenvalue weighted by molar-refractivity contribution is 0.0697. The van der Waals surface area contributed by atoms with Crippen molar-refractivity contribution in [3.63, 3.8) is 0 Å². The van der Waals surface area contributed by atoms with Crippen molar-refractivity contribution < 1.29 is 15.0 Å². The van der Waals surface area contributed by atoms with Gasteiger partial charge in [0.2, 0.25) is 0 Å². The largest absolute Gasteiger partial charge is 0.478 e. The first-order chi connectivity index (χ1) is 8.13. The van der Waals surface area contributed by atoms with Crippen LogP contribution in [0.4, 0.5) is 5.82 Å². The summed E-state index contributed by atoms with van der Waals surface area (Å²) in [7, 11) is 0. The Morgan fingerprint density at radius 3 is 2.94 bits per heavy atom. The predicted octanol–water partition coefficient (Wildman–Crippen LogP) is 0.844. The number of nitrogens with zero attached hydrogens (tertiary/aromatic N) is 2. The number of aromatic carboxylic acids is 1. The summed E-state index contributed by atoms with van der Waals surface area (Å²) < 4.78 is 0. The highest BCUT2D eigenvalue weighted by Crippen LogP contribution is 2.28. The Bertz CT molecular complexity index is 422. The van der Waals surface area contributed by atoms with Crippen molar-refractivity contribution in [1.29, 1.82) is 0 Å². The van der Waals surface area contributed by atoms with Crippen LogP contribution in [0.5, 0.6) is 0 Å². The number of pyridine rings is 1. The highest BCUT2D eigenvalue weighted by atomic mass is 16.4. The third-order valence-electron chi connectivity index (χ3n) is 3.32. The van der Waals surface area contributed by atoms with Crippen molar-refractivity contribution >= 4 is 11.8 Å². The van der Waals surface area contributed by atoms with E-state index in [1.807, 2.05) is 4.90 Å². The molecule has 0 bridgehead atoms. The van der Waals surface area contributed by atoms with Crippen molar-refractivity contribution in [3.8, 4) is 0 Å². The number of aliphatic hydroxyl groups excluding tert-OH is 1. The third-order valence-corrected chi connectivity index (χ3v) is 3.32. The second-order valence-corrected chi connectivity index (χ2v) is 4.50. The van der Waals surface area contributed by atoms with Crippen LogP contribution in [0.25, 0.3) is 0 Å². The minimum absolute atomic E-state index is 0.132. The maximum atomic E-state index is 11.1. The van der Waals surface area contributed by atoms with Gasteiger partial charge in [-0.05, 0) is 18.1 Å². The predicted molar refractivity (Wildman–Crippen MR) is 63.1 cm³/mol. The van der Waals surface area contributed by atoms with Crippen LogP contribution in [-0.2, 0) is 0 Å². The van der Waals surface area contributed by atoms with E-state index in [9.17, 15) is 9.90 Å². The molecule has 0 radical (unpaired) electrons. The number of anilines is 1. The molecule has 92 valence electrons. The van der Waals surface area contributed by atoms with Gasteiger partial charge in [-0.3, -0.25) is 0 Å². The van der Waals surface area contributed by atoms with Crippen LogP contribution in [-0.4, -0.2) is 40.9 Å². The molecule has 2 atom stereocenters. The van der Waals surface area contributed by atoms with E-state index in [0.29, 0.717) is 18.3 Å².